The molecule has 2 aromatic carbocycles. The van der Waals surface area contributed by atoms with E-state index in [-0.39, 0.29) is 24.3 Å². The maximum atomic E-state index is 12.9. The molecule has 1 heterocycles. The Labute approximate surface area is 206 Å². The average Bonchev–Trinajstić information content (AvgIpc) is 3.06. The average molecular weight is 484 g/mol. The zero-order valence-electron chi connectivity index (χ0n) is 20.6. The van der Waals surface area contributed by atoms with E-state index in [4.69, 9.17) is 14.2 Å². The van der Waals surface area contributed by atoms with Crippen molar-refractivity contribution in [2.24, 2.45) is 0 Å². The second kappa shape index (κ2) is 12.0. The maximum Gasteiger partial charge on any atom is 0.293 e. The van der Waals surface area contributed by atoms with E-state index in [1.165, 1.54) is 4.90 Å². The van der Waals surface area contributed by atoms with Crippen LogP contribution >= 0.6 is 11.8 Å². The largest absolute Gasteiger partial charge is 0.491 e. The Morgan fingerprint density at radius 3 is 2.41 bits per heavy atom. The van der Waals surface area contributed by atoms with E-state index < -0.39 is 0 Å². The number of thioether (sulfide) groups is 1. The predicted molar refractivity (Wildman–Crippen MR) is 137 cm³/mol. The van der Waals surface area contributed by atoms with Crippen LogP contribution < -0.4 is 14.2 Å². The highest BCUT2D eigenvalue weighted by molar-refractivity contribution is 8.18. The third kappa shape index (κ3) is 6.35. The van der Waals surface area contributed by atoms with Crippen LogP contribution in [0.1, 0.15) is 56.7 Å². The Balaban J connectivity index is 1.69. The van der Waals surface area contributed by atoms with Crippen molar-refractivity contribution in [2.75, 3.05) is 26.4 Å². The third-order valence-corrected chi connectivity index (χ3v) is 6.17. The first-order valence-electron chi connectivity index (χ1n) is 11.7. The van der Waals surface area contributed by atoms with Crippen LogP contribution in [-0.2, 0) is 4.79 Å². The van der Waals surface area contributed by atoms with Crippen LogP contribution in [0, 0.1) is 6.92 Å². The van der Waals surface area contributed by atoms with E-state index in [2.05, 4.69) is 26.0 Å². The van der Waals surface area contributed by atoms with Gasteiger partial charge in [0.25, 0.3) is 11.1 Å². The summed E-state index contributed by atoms with van der Waals surface area (Å²) in [5, 5.41) is -0.291. The first kappa shape index (κ1) is 25.7. The number of hydrogen-bond acceptors (Lipinski definition) is 6. The number of aryl methyl sites for hydroxylation is 1. The Bertz CT molecular complexity index is 1060. The normalized spacial score (nSPS) is 14.9. The zero-order chi connectivity index (χ0) is 24.7. The summed E-state index contributed by atoms with van der Waals surface area (Å²) in [7, 11) is 0. The molecule has 1 fully saturated rings. The summed E-state index contributed by atoms with van der Waals surface area (Å²) in [5.74, 6) is 2.10. The lowest BCUT2D eigenvalue weighted by atomic mass is 10.0. The molecule has 1 aliphatic rings. The van der Waals surface area contributed by atoms with E-state index in [1.54, 1.807) is 6.08 Å². The first-order valence-corrected chi connectivity index (χ1v) is 12.5. The number of benzene rings is 2. The number of nitrogens with zero attached hydrogens (tertiary/aromatic N) is 1. The SMILES string of the molecule is CCCOc1ccc(/C=C2\SC(=O)N(CCOc3cc(C)ccc3C(C)C)C2=O)cc1OCC. The lowest BCUT2D eigenvalue weighted by molar-refractivity contribution is -0.123. The van der Waals surface area contributed by atoms with Crippen LogP contribution in [0.15, 0.2) is 41.3 Å². The molecular weight excluding hydrogens is 450 g/mol. The van der Waals surface area contributed by atoms with E-state index in [1.807, 2.05) is 45.0 Å². The maximum absolute atomic E-state index is 12.9. The molecule has 0 radical (unpaired) electrons. The topological polar surface area (TPSA) is 65.1 Å². The molecule has 2 amide bonds. The Morgan fingerprint density at radius 2 is 1.71 bits per heavy atom. The summed E-state index contributed by atoms with van der Waals surface area (Å²) >= 11 is 0.942. The van der Waals surface area contributed by atoms with Crippen molar-refractivity contribution >= 4 is 29.0 Å². The van der Waals surface area contributed by atoms with Crippen LogP contribution in [0.2, 0.25) is 0 Å². The molecule has 0 unspecified atom stereocenters. The Hall–Kier alpha value is -2.93. The fraction of sp³-hybridized carbons (Fsp3) is 0.407. The number of ether oxygens (including phenoxy) is 3. The molecule has 0 saturated carbocycles. The van der Waals surface area contributed by atoms with Crippen LogP contribution in [0.25, 0.3) is 6.08 Å². The number of imide groups is 1. The highest BCUT2D eigenvalue weighted by atomic mass is 32.2. The minimum atomic E-state index is -0.309. The minimum absolute atomic E-state index is 0.196. The Morgan fingerprint density at radius 1 is 0.941 bits per heavy atom. The minimum Gasteiger partial charge on any atom is -0.491 e. The molecular formula is C27H33NO5S. The quantitative estimate of drug-likeness (QED) is 0.344. The van der Waals surface area contributed by atoms with Crippen LogP contribution in [0.4, 0.5) is 4.79 Å². The predicted octanol–water partition coefficient (Wildman–Crippen LogP) is 6.42. The second-order valence-corrected chi connectivity index (χ2v) is 9.36. The summed E-state index contributed by atoms with van der Waals surface area (Å²) in [4.78, 5) is 27.1. The van der Waals surface area contributed by atoms with Crippen molar-refractivity contribution < 1.29 is 23.8 Å². The lowest BCUT2D eigenvalue weighted by Crippen LogP contribution is -2.32. The van der Waals surface area contributed by atoms with Crippen LogP contribution in [0.3, 0.4) is 0 Å². The molecule has 182 valence electrons. The molecule has 34 heavy (non-hydrogen) atoms. The summed E-state index contributed by atoms with van der Waals surface area (Å²) < 4.78 is 17.4. The molecule has 0 N–H and O–H groups in total. The second-order valence-electron chi connectivity index (χ2n) is 8.37. The smallest absolute Gasteiger partial charge is 0.293 e. The molecule has 7 heteroatoms. The van der Waals surface area contributed by atoms with Gasteiger partial charge in [0.1, 0.15) is 12.4 Å². The summed E-state index contributed by atoms with van der Waals surface area (Å²) in [6, 6.07) is 11.6. The van der Waals surface area contributed by atoms with Crippen molar-refractivity contribution in [2.45, 2.75) is 47.0 Å². The molecule has 1 saturated heterocycles. The standard InChI is InChI=1S/C27H33NO5S/c1-6-13-32-22-11-9-20(16-24(22)31-7-2)17-25-26(29)28(27(30)34-25)12-14-33-23-15-19(5)8-10-21(23)18(3)4/h8-11,15-18H,6-7,12-14H2,1-5H3/b25-17-. The van der Waals surface area contributed by atoms with Crippen molar-refractivity contribution in [3.63, 3.8) is 0 Å². The van der Waals surface area contributed by atoms with Gasteiger partial charge in [-0.1, -0.05) is 39.0 Å². The van der Waals surface area contributed by atoms with Gasteiger partial charge in [0.15, 0.2) is 11.5 Å². The molecule has 0 atom stereocenters. The lowest BCUT2D eigenvalue weighted by Gasteiger charge is -2.17. The molecule has 0 aliphatic carbocycles. The van der Waals surface area contributed by atoms with Gasteiger partial charge in [-0.25, -0.2) is 0 Å². The first-order chi connectivity index (χ1) is 16.3. The van der Waals surface area contributed by atoms with E-state index >= 15 is 0 Å². The van der Waals surface area contributed by atoms with Gasteiger partial charge in [-0.2, -0.15) is 0 Å². The number of carbonyl (C=O) groups excluding carboxylic acids is 2. The number of carbonyl (C=O) groups is 2. The van der Waals surface area contributed by atoms with Gasteiger partial charge >= 0.3 is 0 Å². The van der Waals surface area contributed by atoms with E-state index in [0.717, 1.165) is 40.6 Å². The van der Waals surface area contributed by atoms with Crippen molar-refractivity contribution in [1.82, 2.24) is 4.90 Å². The summed E-state index contributed by atoms with van der Waals surface area (Å²) in [6.45, 7) is 11.7. The number of hydrogen-bond donors (Lipinski definition) is 0. The van der Waals surface area contributed by atoms with Crippen molar-refractivity contribution in [3.05, 3.63) is 58.0 Å². The van der Waals surface area contributed by atoms with Crippen LogP contribution in [0.5, 0.6) is 17.2 Å². The third-order valence-electron chi connectivity index (χ3n) is 5.26. The highest BCUT2D eigenvalue weighted by Gasteiger charge is 2.34. The van der Waals surface area contributed by atoms with E-state index in [0.29, 0.717) is 35.5 Å². The fourth-order valence-corrected chi connectivity index (χ4v) is 4.41. The van der Waals surface area contributed by atoms with Crippen molar-refractivity contribution in [1.29, 1.82) is 0 Å². The monoisotopic (exact) mass is 483 g/mol. The highest BCUT2D eigenvalue weighted by Crippen LogP contribution is 2.35. The van der Waals surface area contributed by atoms with Gasteiger partial charge in [-0.3, -0.25) is 14.5 Å². The van der Waals surface area contributed by atoms with Gasteiger partial charge in [0.05, 0.1) is 24.7 Å². The van der Waals surface area contributed by atoms with Gasteiger partial charge < -0.3 is 14.2 Å². The Kier molecular flexibility index (Phi) is 9.05. The van der Waals surface area contributed by atoms with Gasteiger partial charge in [-0.05, 0) is 78.9 Å². The van der Waals surface area contributed by atoms with Crippen molar-refractivity contribution in [3.8, 4) is 17.2 Å². The summed E-state index contributed by atoms with van der Waals surface area (Å²) in [6.07, 6.45) is 2.61. The zero-order valence-corrected chi connectivity index (χ0v) is 21.4. The van der Waals surface area contributed by atoms with Crippen LogP contribution in [-0.4, -0.2) is 42.4 Å². The van der Waals surface area contributed by atoms with E-state index in [9.17, 15) is 9.59 Å². The molecule has 3 rings (SSSR count). The molecule has 6 nitrogen and oxygen atoms in total. The molecule has 0 bridgehead atoms. The van der Waals surface area contributed by atoms with Gasteiger partial charge in [-0.15, -0.1) is 0 Å². The molecule has 1 aliphatic heterocycles. The summed E-state index contributed by atoms with van der Waals surface area (Å²) in [5.41, 5.74) is 2.98. The molecule has 0 aromatic heterocycles. The number of amides is 2. The molecule has 2 aromatic rings. The number of rotatable bonds is 11. The van der Waals surface area contributed by atoms with Gasteiger partial charge in [0, 0.05) is 0 Å². The molecule has 0 spiro atoms. The van der Waals surface area contributed by atoms with Gasteiger partial charge in [0.2, 0.25) is 0 Å². The fourth-order valence-electron chi connectivity index (χ4n) is 3.55.